The zero-order chi connectivity index (χ0) is 19.8. The predicted octanol–water partition coefficient (Wildman–Crippen LogP) is 1.95. The number of piperazine rings is 1. The van der Waals surface area contributed by atoms with E-state index in [1.54, 1.807) is 12.1 Å². The van der Waals surface area contributed by atoms with Crippen LogP contribution in [0.3, 0.4) is 0 Å². The molecule has 1 heterocycles. The first kappa shape index (κ1) is 21.3. The molecule has 2 atom stereocenters. The van der Waals surface area contributed by atoms with Gasteiger partial charge in [0.1, 0.15) is 18.4 Å². The number of hydrogen-bond donors (Lipinski definition) is 2. The van der Waals surface area contributed by atoms with Crippen LogP contribution in [0.4, 0.5) is 4.79 Å². The monoisotopic (exact) mass is 396 g/mol. The van der Waals surface area contributed by atoms with Crippen molar-refractivity contribution in [2.45, 2.75) is 26.3 Å². The Hall–Kier alpha value is -1.99. The normalized spacial score (nSPS) is 17.2. The summed E-state index contributed by atoms with van der Waals surface area (Å²) < 4.78 is 5.72. The van der Waals surface area contributed by atoms with E-state index in [0.717, 1.165) is 31.8 Å². The number of halogens is 1. The number of nitrogens with one attached hydrogen (secondary N) is 1. The molecule has 1 aliphatic heterocycles. The van der Waals surface area contributed by atoms with E-state index in [0.29, 0.717) is 24.7 Å². The number of nitrogens with zero attached hydrogens (tertiary/aromatic N) is 2. The first-order valence-corrected chi connectivity index (χ1v) is 9.74. The average Bonchev–Trinajstić information content (AvgIpc) is 2.67. The third kappa shape index (κ3) is 6.59. The largest absolute Gasteiger partial charge is 0.492 e. The third-order valence-electron chi connectivity index (χ3n) is 4.95. The molecule has 3 N–H and O–H groups in total. The highest BCUT2D eigenvalue weighted by Crippen LogP contribution is 2.16. The number of primary amides is 1. The topological polar surface area (TPSA) is 87.9 Å². The summed E-state index contributed by atoms with van der Waals surface area (Å²) in [5, 5.41) is 3.28. The number of nitrogens with two attached hydrogens (primary N) is 1. The molecule has 1 aliphatic rings. The fourth-order valence-corrected chi connectivity index (χ4v) is 3.17. The molecule has 0 saturated carbocycles. The molecule has 0 spiro atoms. The molecule has 27 heavy (non-hydrogen) atoms. The van der Waals surface area contributed by atoms with E-state index in [4.69, 9.17) is 22.1 Å². The lowest BCUT2D eigenvalue weighted by Gasteiger charge is -2.37. The number of urea groups is 1. The van der Waals surface area contributed by atoms with E-state index < -0.39 is 12.1 Å². The molecule has 0 unspecified atom stereocenters. The molecule has 2 rings (SSSR count). The minimum atomic E-state index is -0.661. The van der Waals surface area contributed by atoms with Gasteiger partial charge in [-0.2, -0.15) is 0 Å². The Kier molecular flexibility index (Phi) is 8.19. The number of ether oxygens (including phenoxy) is 1. The van der Waals surface area contributed by atoms with Crippen LogP contribution < -0.4 is 15.8 Å². The number of amides is 3. The van der Waals surface area contributed by atoms with E-state index in [1.807, 2.05) is 30.9 Å². The van der Waals surface area contributed by atoms with Crippen LogP contribution in [0.15, 0.2) is 24.3 Å². The summed E-state index contributed by atoms with van der Waals surface area (Å²) in [5.41, 5.74) is 5.24. The molecular weight excluding hydrogens is 368 g/mol. The lowest BCUT2D eigenvalue weighted by molar-refractivity contribution is -0.136. The molecule has 1 saturated heterocycles. The molecule has 8 heteroatoms. The minimum absolute atomic E-state index is 0.0378. The molecule has 1 fully saturated rings. The molecule has 7 nitrogen and oxygen atoms in total. The van der Waals surface area contributed by atoms with Gasteiger partial charge in [-0.15, -0.1) is 0 Å². The SMILES string of the molecule is CC[C@H](C)[C@H](NC(N)=O)C(=O)N1CCN(CCOc2ccc(Cl)cc2)CC1. The number of benzene rings is 1. The smallest absolute Gasteiger partial charge is 0.312 e. The highest BCUT2D eigenvalue weighted by molar-refractivity contribution is 6.30. The average molecular weight is 397 g/mol. The van der Waals surface area contributed by atoms with Gasteiger partial charge in [0.2, 0.25) is 5.91 Å². The number of carbonyl (C=O) groups excluding carboxylic acids is 2. The van der Waals surface area contributed by atoms with Gasteiger partial charge in [0.25, 0.3) is 0 Å². The highest BCUT2D eigenvalue weighted by atomic mass is 35.5. The Morgan fingerprint density at radius 3 is 2.41 bits per heavy atom. The lowest BCUT2D eigenvalue weighted by Crippen LogP contribution is -2.57. The number of hydrogen-bond acceptors (Lipinski definition) is 4. The van der Waals surface area contributed by atoms with Gasteiger partial charge < -0.3 is 20.7 Å². The van der Waals surface area contributed by atoms with Crippen molar-refractivity contribution in [2.24, 2.45) is 11.7 Å². The summed E-state index contributed by atoms with van der Waals surface area (Å²) in [6.07, 6.45) is 0.790. The van der Waals surface area contributed by atoms with E-state index in [-0.39, 0.29) is 11.8 Å². The predicted molar refractivity (Wildman–Crippen MR) is 106 cm³/mol. The van der Waals surface area contributed by atoms with Crippen LogP contribution in [0.1, 0.15) is 20.3 Å². The summed E-state index contributed by atoms with van der Waals surface area (Å²) in [4.78, 5) is 28.1. The van der Waals surface area contributed by atoms with Crippen molar-refractivity contribution in [3.05, 3.63) is 29.3 Å². The molecule has 150 valence electrons. The molecule has 0 bridgehead atoms. The van der Waals surface area contributed by atoms with Crippen molar-refractivity contribution < 1.29 is 14.3 Å². The molecule has 0 aliphatic carbocycles. The van der Waals surface area contributed by atoms with Gasteiger partial charge in [0.05, 0.1) is 0 Å². The highest BCUT2D eigenvalue weighted by Gasteiger charge is 2.31. The van der Waals surface area contributed by atoms with E-state index in [2.05, 4.69) is 10.2 Å². The fourth-order valence-electron chi connectivity index (χ4n) is 3.05. The summed E-state index contributed by atoms with van der Waals surface area (Å²) in [6.45, 7) is 8.13. The zero-order valence-corrected chi connectivity index (χ0v) is 16.7. The maximum absolute atomic E-state index is 12.8. The van der Waals surface area contributed by atoms with Gasteiger partial charge in [-0.3, -0.25) is 9.69 Å². The molecule has 1 aromatic rings. The standard InChI is InChI=1S/C19H29ClN4O3/c1-3-14(2)17(22-19(21)26)18(25)24-10-8-23(9-11-24)12-13-27-16-6-4-15(20)5-7-16/h4-7,14,17H,3,8-13H2,1-2H3,(H3,21,22,26)/t14-,17-/m0/s1. The van der Waals surface area contributed by atoms with Crippen LogP contribution in [0.5, 0.6) is 5.75 Å². The van der Waals surface area contributed by atoms with Crippen LogP contribution in [0.25, 0.3) is 0 Å². The van der Waals surface area contributed by atoms with Crippen molar-refractivity contribution in [3.63, 3.8) is 0 Å². The third-order valence-corrected chi connectivity index (χ3v) is 5.20. The summed E-state index contributed by atoms with van der Waals surface area (Å²) in [5.74, 6) is 0.776. The second kappa shape index (κ2) is 10.4. The lowest BCUT2D eigenvalue weighted by atomic mass is 9.97. The zero-order valence-electron chi connectivity index (χ0n) is 16.0. The van der Waals surface area contributed by atoms with Gasteiger partial charge in [0, 0.05) is 37.7 Å². The fraction of sp³-hybridized carbons (Fsp3) is 0.579. The quantitative estimate of drug-likeness (QED) is 0.703. The first-order chi connectivity index (χ1) is 12.9. The Bertz CT molecular complexity index is 618. The maximum Gasteiger partial charge on any atom is 0.312 e. The van der Waals surface area contributed by atoms with Crippen molar-refractivity contribution in [2.75, 3.05) is 39.3 Å². The van der Waals surface area contributed by atoms with Gasteiger partial charge in [0.15, 0.2) is 0 Å². The van der Waals surface area contributed by atoms with Gasteiger partial charge in [-0.1, -0.05) is 31.9 Å². The van der Waals surface area contributed by atoms with Crippen molar-refractivity contribution in [1.82, 2.24) is 15.1 Å². The molecule has 0 radical (unpaired) electrons. The van der Waals surface area contributed by atoms with E-state index in [9.17, 15) is 9.59 Å². The Balaban J connectivity index is 1.77. The van der Waals surface area contributed by atoms with Crippen LogP contribution in [0, 0.1) is 5.92 Å². The minimum Gasteiger partial charge on any atom is -0.492 e. The number of carbonyl (C=O) groups is 2. The van der Waals surface area contributed by atoms with Crippen molar-refractivity contribution >= 4 is 23.5 Å². The molecule has 1 aromatic carbocycles. The Labute approximate surface area is 165 Å². The van der Waals surface area contributed by atoms with Crippen molar-refractivity contribution in [3.8, 4) is 5.75 Å². The summed E-state index contributed by atoms with van der Waals surface area (Å²) >= 11 is 5.86. The van der Waals surface area contributed by atoms with Crippen LogP contribution in [-0.2, 0) is 4.79 Å². The Morgan fingerprint density at radius 1 is 1.22 bits per heavy atom. The van der Waals surface area contributed by atoms with Crippen LogP contribution >= 0.6 is 11.6 Å². The first-order valence-electron chi connectivity index (χ1n) is 9.36. The summed E-state index contributed by atoms with van der Waals surface area (Å²) in [7, 11) is 0. The molecule has 0 aromatic heterocycles. The van der Waals surface area contributed by atoms with Crippen LogP contribution in [0.2, 0.25) is 5.02 Å². The second-order valence-corrected chi connectivity index (χ2v) is 7.28. The number of rotatable bonds is 8. The molecule has 3 amide bonds. The van der Waals surface area contributed by atoms with Crippen molar-refractivity contribution in [1.29, 1.82) is 0 Å². The van der Waals surface area contributed by atoms with Gasteiger partial charge in [-0.05, 0) is 30.2 Å². The van der Waals surface area contributed by atoms with Gasteiger partial charge in [-0.25, -0.2) is 4.79 Å². The second-order valence-electron chi connectivity index (χ2n) is 6.84. The summed E-state index contributed by atoms with van der Waals surface area (Å²) in [6, 6.07) is 6.07. The van der Waals surface area contributed by atoms with E-state index in [1.165, 1.54) is 0 Å². The Morgan fingerprint density at radius 2 is 1.85 bits per heavy atom. The maximum atomic E-state index is 12.8. The van der Waals surface area contributed by atoms with E-state index >= 15 is 0 Å². The molecular formula is C19H29ClN4O3. The van der Waals surface area contributed by atoms with Gasteiger partial charge >= 0.3 is 6.03 Å². The van der Waals surface area contributed by atoms with Crippen LogP contribution in [-0.4, -0.2) is 67.1 Å².